The number of hydrogen-bond donors (Lipinski definition) is 21. The van der Waals surface area contributed by atoms with Crippen molar-refractivity contribution in [3.63, 3.8) is 0 Å². The molecular weight excluding hydrogens is 1600 g/mol. The molecule has 464 valence electrons. The van der Waals surface area contributed by atoms with Crippen LogP contribution in [0.1, 0.15) is 0 Å². The summed E-state index contributed by atoms with van der Waals surface area (Å²) in [6.07, 6.45) is 0. The average Bonchev–Trinajstić information content (AvgIpc) is 3.36. The second-order valence-corrected chi connectivity index (χ2v) is 214. The Hall–Kier alpha value is 6.05. The Labute approximate surface area is 503 Å². The van der Waals surface area contributed by atoms with Crippen LogP contribution in [-0.2, 0) is 49.4 Å². The summed E-state index contributed by atoms with van der Waals surface area (Å²) in [6.45, 7) is -20.4. The maximum absolute atomic E-state index is 13.6. The van der Waals surface area contributed by atoms with Gasteiger partial charge in [0.05, 0.1) is 7.59 Å². The largest absolute Gasteiger partial charge is 0.441 e. The van der Waals surface area contributed by atoms with E-state index in [1.807, 2.05) is 0 Å². The van der Waals surface area contributed by atoms with Crippen LogP contribution in [0.4, 0.5) is 0 Å². The Morgan fingerprint density at radius 2 is 0.649 bits per heavy atom. The van der Waals surface area contributed by atoms with Crippen molar-refractivity contribution in [3.05, 3.63) is 0 Å². The monoisotopic (exact) mass is 1690 g/mol. The van der Waals surface area contributed by atoms with E-state index in [0.717, 1.165) is 0 Å². The Balaban J connectivity index is 13.3. The lowest BCUT2D eigenvalue weighted by Crippen LogP contribution is -3.14. The second-order valence-electron chi connectivity index (χ2n) is 20.6. The van der Waals surface area contributed by atoms with Crippen LogP contribution in [0.15, 0.2) is 0 Å². The molecule has 0 radical (unpaired) electrons. The van der Waals surface area contributed by atoms with Crippen LogP contribution >= 0.6 is 0 Å². The van der Waals surface area contributed by atoms with E-state index in [4.69, 9.17) is 49.4 Å². The molecule has 67 heteroatoms. The Bertz CT molecular complexity index is 1650. The fourth-order valence-corrected chi connectivity index (χ4v) is 644. The van der Waals surface area contributed by atoms with E-state index >= 15 is 0 Å². The van der Waals surface area contributed by atoms with Crippen LogP contribution in [-0.4, -0.2) is 394 Å². The van der Waals surface area contributed by atoms with Gasteiger partial charge in [-0.3, -0.25) is 0 Å². The molecule has 77 heavy (non-hydrogen) atoms. The summed E-state index contributed by atoms with van der Waals surface area (Å²) < 4.78 is 84.5. The minimum Gasteiger partial charge on any atom is -0.441 e. The van der Waals surface area contributed by atoms with E-state index < -0.39 is 293 Å². The first-order chi connectivity index (χ1) is 35.6. The normalized spacial score (nSPS) is 24.7. The summed E-state index contributed by atoms with van der Waals surface area (Å²) in [5, 5.41) is 0. The molecule has 0 aliphatic heterocycles. The standard InChI is InChI=1S/C10H90O33Si34/c1-64(2,3)39-67(9,10)40-71(43-70(55-22,34-46-13)63(30)65(4,5)6,76(72(56-23,57-24)35-47-14,73(58-25,59-26)36-48-15)41-68(51-18,52-19)32-44-11)77(74(60-27,61-28)37-49-16,42-69(53-20,54-21)33-45-12)75(62-29,38-50-17)66(7,8)31/h11-31,63H,44-62H2,1-10H3. The molecule has 21 N–H and O–H groups in total. The minimum atomic E-state index is -6.99. The van der Waals surface area contributed by atoms with Gasteiger partial charge in [0.25, 0.3) is 83.8 Å². The van der Waals surface area contributed by atoms with Crippen LogP contribution in [0.5, 0.6) is 0 Å². The highest BCUT2D eigenvalue weighted by Gasteiger charge is 2.99. The third-order valence-electron chi connectivity index (χ3n) is 12.8. The fraction of sp³-hybridized carbons (Fsp3) is 1.00. The lowest BCUT2D eigenvalue weighted by molar-refractivity contribution is 0.302. The fourth-order valence-electron chi connectivity index (χ4n) is 9.65. The second kappa shape index (κ2) is 35.0. The van der Waals surface area contributed by atoms with Gasteiger partial charge in [0, 0.05) is 0 Å². The van der Waals surface area contributed by atoms with E-state index in [9.17, 15) is 101 Å². The van der Waals surface area contributed by atoms with Gasteiger partial charge in [0.2, 0.25) is 82.0 Å². The molecule has 5 atom stereocenters. The molecule has 33 nitrogen and oxygen atoms in total. The van der Waals surface area contributed by atoms with Gasteiger partial charge in [0.1, 0.15) is 0 Å². The van der Waals surface area contributed by atoms with Crippen LogP contribution < -0.4 is 0 Å². The van der Waals surface area contributed by atoms with Gasteiger partial charge in [0.15, 0.2) is 81.1 Å². The van der Waals surface area contributed by atoms with Crippen molar-refractivity contribution in [2.45, 2.75) is 65.5 Å². The lowest BCUT2D eigenvalue weighted by Gasteiger charge is -2.71. The molecule has 0 heterocycles. The zero-order valence-electron chi connectivity index (χ0n) is 45.3. The van der Waals surface area contributed by atoms with Crippen molar-refractivity contribution < 1.29 is 150 Å². The molecular formula is C10H90O33Si34. The van der Waals surface area contributed by atoms with Gasteiger partial charge < -0.3 is 150 Å². The van der Waals surface area contributed by atoms with Gasteiger partial charge in [-0.05, 0) is 45.8 Å². The SMILES string of the molecule is C[Si](C)(C)O[Si](C)(C)O[Si](O[Si](O[SiH2]O)([SiH2]O)[SiH](O)[Si](C)(C)C)([Si](O[Si](O[SiH2]O)([SiH2]O)[SiH2]O)([Si](O[SiH2]O)([SiH2]O)[SiH2]O)[Si](O[SiH2]O)([SiH2]O)[SiH2]O)[Si](O[Si](O[SiH2]O)([SiH2]O)[SiH2]O)([Si](O[SiH2]O)([SiH2]O)[SiH2]O)[Si](O[SiH2]O)([SiH2]O)[Si](C)(C)O. The minimum absolute atomic E-state index is 1.22. The summed E-state index contributed by atoms with van der Waals surface area (Å²) in [7, 11) is -105. The van der Waals surface area contributed by atoms with E-state index in [0.29, 0.717) is 0 Å². The number of rotatable bonds is 45. The van der Waals surface area contributed by atoms with Crippen LogP contribution in [0.3, 0.4) is 0 Å². The molecule has 0 bridgehead atoms. The topological polar surface area (TPSA) is 536 Å². The number of hydrogen-bond acceptors (Lipinski definition) is 33. The Morgan fingerprint density at radius 3 is 0.896 bits per heavy atom. The maximum atomic E-state index is 13.6. The van der Waals surface area contributed by atoms with Crippen molar-refractivity contribution in [2.75, 3.05) is 0 Å². The predicted molar refractivity (Wildman–Crippen MR) is 368 cm³/mol. The van der Waals surface area contributed by atoms with Crippen LogP contribution in [0.2, 0.25) is 65.5 Å². The predicted octanol–water partition coefficient (Wildman–Crippen LogP) is -30.1. The summed E-state index contributed by atoms with van der Waals surface area (Å²) in [5.41, 5.74) is 0. The van der Waals surface area contributed by atoms with E-state index in [1.54, 1.807) is 39.3 Å². The summed E-state index contributed by atoms with van der Waals surface area (Å²) >= 11 is 0. The summed E-state index contributed by atoms with van der Waals surface area (Å²) in [5.74, 6) is 0. The molecule has 0 saturated carbocycles. The van der Waals surface area contributed by atoms with Gasteiger partial charge in [-0.25, -0.2) is 0 Å². The lowest BCUT2D eigenvalue weighted by atomic mass is 11.8. The molecule has 0 spiro atoms. The molecule has 0 fully saturated rings. The highest BCUT2D eigenvalue weighted by atomic mass is 30.5. The van der Waals surface area contributed by atoms with Crippen molar-refractivity contribution in [1.29, 1.82) is 0 Å². The zero-order valence-corrected chi connectivity index (χ0v) is 87.3. The first-order valence-corrected chi connectivity index (χ1v) is 110. The Kier molecular flexibility index (Phi) is 37.8. The maximum Gasteiger partial charge on any atom is 0.338 e. The molecule has 0 aromatic carbocycles. The molecule has 0 aliphatic rings. The molecule has 0 amide bonds. The van der Waals surface area contributed by atoms with Crippen LogP contribution in [0, 0.1) is 0 Å². The smallest absolute Gasteiger partial charge is 0.338 e. The van der Waals surface area contributed by atoms with Gasteiger partial charge in [-0.2, -0.15) is 0 Å². The first kappa shape index (κ1) is 83.1. The van der Waals surface area contributed by atoms with E-state index in [1.165, 1.54) is 26.2 Å². The summed E-state index contributed by atoms with van der Waals surface area (Å²) in [6, 6.07) is 0. The van der Waals surface area contributed by atoms with Crippen molar-refractivity contribution in [3.8, 4) is 0 Å². The van der Waals surface area contributed by atoms with E-state index in [-0.39, 0.29) is 0 Å². The van der Waals surface area contributed by atoms with Crippen molar-refractivity contribution in [1.82, 2.24) is 0 Å². The Morgan fingerprint density at radius 1 is 0.325 bits per heavy atom. The quantitative estimate of drug-likeness (QED) is 0.0252. The highest BCUT2D eigenvalue weighted by Crippen LogP contribution is 2.54. The third-order valence-corrected chi connectivity index (χ3v) is 370. The van der Waals surface area contributed by atoms with Gasteiger partial charge in [-0.15, -0.1) is 0 Å². The first-order valence-electron chi connectivity index (χ1n) is 23.6. The zero-order chi connectivity index (χ0) is 60.5. The van der Waals surface area contributed by atoms with Crippen molar-refractivity contribution in [2.24, 2.45) is 0 Å². The molecule has 5 unspecified atom stereocenters. The van der Waals surface area contributed by atoms with E-state index in [2.05, 4.69) is 0 Å². The molecule has 0 aliphatic carbocycles. The molecule has 0 aromatic heterocycles. The van der Waals surface area contributed by atoms with Gasteiger partial charge >= 0.3 is 38.9 Å². The molecule has 0 aromatic rings. The molecule has 0 saturated heterocycles. The average molecular weight is 1690 g/mol. The van der Waals surface area contributed by atoms with Gasteiger partial charge in [-0.1, -0.05) is 19.6 Å². The summed E-state index contributed by atoms with van der Waals surface area (Å²) in [4.78, 5) is 257. The van der Waals surface area contributed by atoms with Crippen molar-refractivity contribution >= 4 is 293 Å². The third kappa shape index (κ3) is 17.2. The molecule has 0 rings (SSSR count). The highest BCUT2D eigenvalue weighted by molar-refractivity contribution is 8.24. The van der Waals surface area contributed by atoms with Crippen LogP contribution in [0.25, 0.3) is 0 Å².